The molecular formula is C40H42O21. The third kappa shape index (κ3) is 11.2. The summed E-state index contributed by atoms with van der Waals surface area (Å²) in [4.78, 5) is 98.4. The highest BCUT2D eigenvalue weighted by atomic mass is 16.8. The van der Waals surface area contributed by atoms with Gasteiger partial charge in [0.25, 0.3) is 0 Å². The maximum Gasteiger partial charge on any atom is 0.308 e. The Morgan fingerprint density at radius 1 is 0.721 bits per heavy atom. The standard InChI is InChI=1S/C40H42O21/c1-18(41)52-16-40(61-24(7)47)17-53-39(37(40)58-23(6)46)51-15-31-34(55-20(3)43)35(56-21(4)44)36(57-22(5)45)38(60-31)59-27-12-29(48)32-30(13-27)50-14-28(33(32)49)25-8-10-26(11-9-25)54-19(2)42/h8-14,31,34-39,48H,15-17H2,1-7H3/t31-,34-,35+,36-,37+,38-,39-,40-/m1/s1. The van der Waals surface area contributed by atoms with Gasteiger partial charge in [-0.2, -0.15) is 0 Å². The molecule has 0 saturated carbocycles. The third-order valence-electron chi connectivity index (χ3n) is 8.85. The summed E-state index contributed by atoms with van der Waals surface area (Å²) in [6, 6.07) is 8.22. The van der Waals surface area contributed by atoms with Crippen LogP contribution in [-0.2, 0) is 76.2 Å². The Bertz CT molecular complexity index is 2230. The van der Waals surface area contributed by atoms with Crippen LogP contribution in [0.2, 0.25) is 0 Å². The first-order valence-electron chi connectivity index (χ1n) is 18.4. The molecule has 61 heavy (non-hydrogen) atoms. The molecule has 21 nitrogen and oxygen atoms in total. The molecule has 0 amide bonds. The topological polar surface area (TPSA) is 271 Å². The van der Waals surface area contributed by atoms with Gasteiger partial charge in [-0.25, -0.2) is 0 Å². The van der Waals surface area contributed by atoms with Crippen LogP contribution >= 0.6 is 0 Å². The molecule has 1 aromatic heterocycles. The van der Waals surface area contributed by atoms with E-state index in [0.29, 0.717) is 5.56 Å². The van der Waals surface area contributed by atoms with Crippen molar-refractivity contribution < 1.29 is 95.2 Å². The maximum atomic E-state index is 13.6. The molecule has 5 rings (SSSR count). The summed E-state index contributed by atoms with van der Waals surface area (Å²) in [5.41, 5.74) is -2.23. The molecule has 0 bridgehead atoms. The second kappa shape index (κ2) is 19.2. The van der Waals surface area contributed by atoms with E-state index in [-0.39, 0.29) is 28.0 Å². The lowest BCUT2D eigenvalue weighted by Gasteiger charge is -2.44. The first kappa shape index (κ1) is 45.5. The van der Waals surface area contributed by atoms with Crippen LogP contribution in [0.25, 0.3) is 22.1 Å². The Hall–Kier alpha value is -6.58. The normalized spacial score (nSPS) is 24.5. The van der Waals surface area contributed by atoms with Crippen molar-refractivity contribution in [3.8, 4) is 28.4 Å². The zero-order chi connectivity index (χ0) is 44.8. The van der Waals surface area contributed by atoms with Crippen molar-refractivity contribution >= 4 is 52.8 Å². The van der Waals surface area contributed by atoms with E-state index in [1.165, 1.54) is 37.3 Å². The monoisotopic (exact) mass is 858 g/mol. The smallest absolute Gasteiger partial charge is 0.308 e. The molecule has 2 aliphatic rings. The lowest BCUT2D eigenvalue weighted by atomic mass is 9.97. The predicted octanol–water partition coefficient (Wildman–Crippen LogP) is 2.16. The van der Waals surface area contributed by atoms with Crippen LogP contribution in [0.5, 0.6) is 17.2 Å². The van der Waals surface area contributed by atoms with Crippen LogP contribution in [0.3, 0.4) is 0 Å². The number of ether oxygens (including phenoxy) is 11. The molecular weight excluding hydrogens is 816 g/mol. The average molecular weight is 859 g/mol. The lowest BCUT2D eigenvalue weighted by molar-refractivity contribution is -0.297. The van der Waals surface area contributed by atoms with Gasteiger partial charge in [-0.3, -0.25) is 38.4 Å². The zero-order valence-electron chi connectivity index (χ0n) is 33.8. The number of carbonyl (C=O) groups excluding carboxylic acids is 7. The molecule has 2 saturated heterocycles. The Morgan fingerprint density at radius 3 is 1.93 bits per heavy atom. The molecule has 0 aliphatic carbocycles. The number of esters is 7. The van der Waals surface area contributed by atoms with Crippen LogP contribution in [0.4, 0.5) is 0 Å². The van der Waals surface area contributed by atoms with E-state index < -0.39 is 121 Å². The van der Waals surface area contributed by atoms with Crippen LogP contribution in [0.15, 0.2) is 51.9 Å². The van der Waals surface area contributed by atoms with Crippen LogP contribution in [0, 0.1) is 0 Å². The molecule has 2 aromatic carbocycles. The molecule has 2 fully saturated rings. The Balaban J connectivity index is 1.49. The molecule has 1 N–H and O–H groups in total. The minimum Gasteiger partial charge on any atom is -0.507 e. The zero-order valence-corrected chi connectivity index (χ0v) is 33.8. The number of rotatable bonds is 14. The molecule has 3 aromatic rings. The Labute approximate surface area is 345 Å². The van der Waals surface area contributed by atoms with Gasteiger partial charge in [0.1, 0.15) is 47.2 Å². The average Bonchev–Trinajstić information content (AvgIpc) is 3.47. The number of phenols is 1. The molecule has 2 aliphatic heterocycles. The SMILES string of the molecule is CC(=O)OC[C@@]1(OC(C)=O)CO[C@@H](OC[C@H]2O[C@@H](Oc3cc(O)c4c(=O)c(-c5ccc(OC(C)=O)cc5)coc4c3)[C@H](OC(C)=O)[C@@H](OC(C)=O)[C@@H]2OC(C)=O)[C@@H]1OC(C)=O. The van der Waals surface area contributed by atoms with Crippen molar-refractivity contribution in [3.63, 3.8) is 0 Å². The van der Waals surface area contributed by atoms with Gasteiger partial charge in [-0.05, 0) is 17.7 Å². The van der Waals surface area contributed by atoms with Crippen molar-refractivity contribution in [2.45, 2.75) is 97.2 Å². The number of hydrogen-bond acceptors (Lipinski definition) is 21. The Morgan fingerprint density at radius 2 is 1.34 bits per heavy atom. The highest BCUT2D eigenvalue weighted by molar-refractivity contribution is 5.88. The van der Waals surface area contributed by atoms with Crippen molar-refractivity contribution in [2.24, 2.45) is 0 Å². The van der Waals surface area contributed by atoms with Gasteiger partial charge < -0.3 is 61.6 Å². The van der Waals surface area contributed by atoms with E-state index in [1.54, 1.807) is 0 Å². The van der Waals surface area contributed by atoms with Crippen molar-refractivity contribution in [3.05, 3.63) is 52.9 Å². The van der Waals surface area contributed by atoms with Crippen molar-refractivity contribution in [1.29, 1.82) is 0 Å². The van der Waals surface area contributed by atoms with Crippen LogP contribution in [0.1, 0.15) is 48.5 Å². The maximum absolute atomic E-state index is 13.6. The van der Waals surface area contributed by atoms with Gasteiger partial charge in [0, 0.05) is 60.6 Å². The highest BCUT2D eigenvalue weighted by Crippen LogP contribution is 2.37. The lowest BCUT2D eigenvalue weighted by Crippen LogP contribution is -2.63. The van der Waals surface area contributed by atoms with Gasteiger partial charge in [0.05, 0.1) is 18.8 Å². The predicted molar refractivity (Wildman–Crippen MR) is 199 cm³/mol. The quantitative estimate of drug-likeness (QED) is 0.138. The van der Waals surface area contributed by atoms with E-state index in [2.05, 4.69) is 0 Å². The minimum atomic E-state index is -1.87. The molecule has 328 valence electrons. The third-order valence-corrected chi connectivity index (χ3v) is 8.85. The van der Waals surface area contributed by atoms with Gasteiger partial charge >= 0.3 is 41.8 Å². The summed E-state index contributed by atoms with van der Waals surface area (Å²) in [5, 5.41) is 10.9. The number of phenolic OH excluding ortho intramolecular Hbond substituents is 1. The number of aromatic hydroxyl groups is 1. The fourth-order valence-corrected chi connectivity index (χ4v) is 6.62. The van der Waals surface area contributed by atoms with E-state index in [9.17, 15) is 43.5 Å². The van der Waals surface area contributed by atoms with Crippen molar-refractivity contribution in [1.82, 2.24) is 0 Å². The van der Waals surface area contributed by atoms with E-state index in [0.717, 1.165) is 53.9 Å². The molecule has 0 unspecified atom stereocenters. The van der Waals surface area contributed by atoms with E-state index >= 15 is 0 Å². The summed E-state index contributed by atoms with van der Waals surface area (Å²) in [6.07, 6.45) is -10.1. The Kier molecular flexibility index (Phi) is 14.3. The fourth-order valence-electron chi connectivity index (χ4n) is 6.62. The summed E-state index contributed by atoms with van der Waals surface area (Å²) >= 11 is 0. The second-order valence-corrected chi connectivity index (χ2v) is 13.8. The first-order valence-corrected chi connectivity index (χ1v) is 18.4. The summed E-state index contributed by atoms with van der Waals surface area (Å²) in [6.45, 7) is 5.85. The number of benzene rings is 2. The number of carbonyl (C=O) groups is 7. The molecule has 0 radical (unpaired) electrons. The van der Waals surface area contributed by atoms with Crippen LogP contribution < -0.4 is 14.9 Å². The van der Waals surface area contributed by atoms with Gasteiger partial charge in [-0.1, -0.05) is 12.1 Å². The van der Waals surface area contributed by atoms with Gasteiger partial charge in [-0.15, -0.1) is 0 Å². The fraction of sp³-hybridized carbons (Fsp3) is 0.450. The number of hydrogen-bond donors (Lipinski definition) is 1. The van der Waals surface area contributed by atoms with Crippen LogP contribution in [-0.4, -0.2) is 115 Å². The summed E-state index contributed by atoms with van der Waals surface area (Å²) in [7, 11) is 0. The first-order chi connectivity index (χ1) is 28.8. The largest absolute Gasteiger partial charge is 0.507 e. The molecule has 8 atom stereocenters. The van der Waals surface area contributed by atoms with Gasteiger partial charge in [0.15, 0.2) is 24.6 Å². The van der Waals surface area contributed by atoms with Crippen molar-refractivity contribution in [2.75, 3.05) is 19.8 Å². The highest BCUT2D eigenvalue weighted by Gasteiger charge is 2.58. The second-order valence-electron chi connectivity index (χ2n) is 13.8. The molecule has 3 heterocycles. The summed E-state index contributed by atoms with van der Waals surface area (Å²) < 4.78 is 67.3. The number of fused-ring (bicyclic) bond motifs is 1. The van der Waals surface area contributed by atoms with E-state index in [4.69, 9.17) is 56.5 Å². The van der Waals surface area contributed by atoms with E-state index in [1.807, 2.05) is 0 Å². The summed E-state index contributed by atoms with van der Waals surface area (Å²) in [5.74, 6) is -6.28. The minimum absolute atomic E-state index is 0.0543. The molecule has 0 spiro atoms. The van der Waals surface area contributed by atoms with Gasteiger partial charge in [0.2, 0.25) is 23.4 Å². The molecule has 21 heteroatoms.